The fourth-order valence-corrected chi connectivity index (χ4v) is 2.01. The number of hydrogen-bond acceptors (Lipinski definition) is 5. The molecule has 0 aromatic carbocycles. The predicted octanol–water partition coefficient (Wildman–Crippen LogP) is 0.0804. The van der Waals surface area contributed by atoms with E-state index in [1.165, 1.54) is 0 Å². The molecule has 0 saturated carbocycles. The van der Waals surface area contributed by atoms with Gasteiger partial charge in [-0.1, -0.05) is 12.1 Å². The van der Waals surface area contributed by atoms with Gasteiger partial charge in [0.15, 0.2) is 0 Å². The molecule has 7 nitrogen and oxygen atoms in total. The molecule has 102 valence electrons. The number of aromatic nitrogens is 1. The maximum absolute atomic E-state index is 12.1. The Kier molecular flexibility index (Phi) is 3.64. The normalized spacial score (nSPS) is 19.2. The summed E-state index contributed by atoms with van der Waals surface area (Å²) in [5.41, 5.74) is 0.925. The topological polar surface area (TPSA) is 101 Å². The summed E-state index contributed by atoms with van der Waals surface area (Å²) < 4.78 is 4.98. The SMILES string of the molecule is CCc1noc(C)c1C(=O)NC1CCC(=O)NC1=O. The number of nitrogens with one attached hydrogen (secondary N) is 2. The first-order chi connectivity index (χ1) is 9.02. The second kappa shape index (κ2) is 5.21. The van der Waals surface area contributed by atoms with Crippen LogP contribution in [0, 0.1) is 6.92 Å². The molecule has 2 rings (SSSR count). The van der Waals surface area contributed by atoms with E-state index in [0.29, 0.717) is 29.9 Å². The van der Waals surface area contributed by atoms with Gasteiger partial charge in [-0.05, 0) is 19.8 Å². The molecule has 0 bridgehead atoms. The molecule has 0 radical (unpaired) electrons. The maximum Gasteiger partial charge on any atom is 0.257 e. The van der Waals surface area contributed by atoms with E-state index in [0.717, 1.165) is 0 Å². The van der Waals surface area contributed by atoms with Crippen molar-refractivity contribution >= 4 is 17.7 Å². The van der Waals surface area contributed by atoms with E-state index in [1.54, 1.807) is 6.92 Å². The Hall–Kier alpha value is -2.18. The third-order valence-electron chi connectivity index (χ3n) is 3.04. The lowest BCUT2D eigenvalue weighted by molar-refractivity contribution is -0.134. The second-order valence-corrected chi connectivity index (χ2v) is 4.39. The van der Waals surface area contributed by atoms with Crippen molar-refractivity contribution in [2.24, 2.45) is 0 Å². The summed E-state index contributed by atoms with van der Waals surface area (Å²) in [7, 11) is 0. The first-order valence-electron chi connectivity index (χ1n) is 6.12. The minimum atomic E-state index is -0.691. The zero-order chi connectivity index (χ0) is 14.0. The fraction of sp³-hybridized carbons (Fsp3) is 0.500. The van der Waals surface area contributed by atoms with Crippen LogP contribution < -0.4 is 10.6 Å². The monoisotopic (exact) mass is 265 g/mol. The van der Waals surface area contributed by atoms with Crippen molar-refractivity contribution < 1.29 is 18.9 Å². The Morgan fingerprint density at radius 1 is 1.53 bits per heavy atom. The molecule has 1 aromatic rings. The van der Waals surface area contributed by atoms with Crippen LogP contribution in [0.5, 0.6) is 0 Å². The van der Waals surface area contributed by atoms with E-state index in [9.17, 15) is 14.4 Å². The van der Waals surface area contributed by atoms with Gasteiger partial charge in [0.25, 0.3) is 5.91 Å². The number of piperidine rings is 1. The van der Waals surface area contributed by atoms with Crippen molar-refractivity contribution in [3.8, 4) is 0 Å². The van der Waals surface area contributed by atoms with Crippen molar-refractivity contribution in [1.29, 1.82) is 0 Å². The van der Waals surface area contributed by atoms with Gasteiger partial charge in [-0.2, -0.15) is 0 Å². The molecule has 7 heteroatoms. The van der Waals surface area contributed by atoms with Crippen molar-refractivity contribution in [2.75, 3.05) is 0 Å². The van der Waals surface area contributed by atoms with Crippen molar-refractivity contribution in [3.05, 3.63) is 17.0 Å². The molecule has 2 N–H and O–H groups in total. The third-order valence-corrected chi connectivity index (χ3v) is 3.04. The van der Waals surface area contributed by atoms with Gasteiger partial charge >= 0.3 is 0 Å². The smallest absolute Gasteiger partial charge is 0.257 e. The summed E-state index contributed by atoms with van der Waals surface area (Å²) >= 11 is 0. The number of nitrogens with zero attached hydrogens (tertiary/aromatic N) is 1. The van der Waals surface area contributed by atoms with Gasteiger partial charge in [-0.25, -0.2) is 0 Å². The van der Waals surface area contributed by atoms with E-state index in [1.807, 2.05) is 6.92 Å². The summed E-state index contributed by atoms with van der Waals surface area (Å²) in [6.07, 6.45) is 1.09. The molecule has 1 saturated heterocycles. The molecular weight excluding hydrogens is 250 g/mol. The average Bonchev–Trinajstić information content (AvgIpc) is 2.74. The highest BCUT2D eigenvalue weighted by Crippen LogP contribution is 2.15. The first-order valence-corrected chi connectivity index (χ1v) is 6.12. The van der Waals surface area contributed by atoms with Crippen LogP contribution in [0.15, 0.2) is 4.52 Å². The molecule has 1 aliphatic heterocycles. The molecule has 2 heterocycles. The zero-order valence-electron chi connectivity index (χ0n) is 10.8. The number of amides is 3. The van der Waals surface area contributed by atoms with Crippen LogP contribution in [0.25, 0.3) is 0 Å². The lowest BCUT2D eigenvalue weighted by Gasteiger charge is -2.21. The van der Waals surface area contributed by atoms with E-state index >= 15 is 0 Å². The minimum absolute atomic E-state index is 0.222. The maximum atomic E-state index is 12.1. The first kappa shape index (κ1) is 13.3. The molecule has 1 unspecified atom stereocenters. The molecule has 0 spiro atoms. The Morgan fingerprint density at radius 2 is 2.26 bits per heavy atom. The molecule has 0 aliphatic carbocycles. The average molecular weight is 265 g/mol. The van der Waals surface area contributed by atoms with E-state index in [-0.39, 0.29) is 12.3 Å². The number of carbonyl (C=O) groups excluding carboxylic acids is 3. The summed E-state index contributed by atoms with van der Waals surface area (Å²) in [5, 5.41) is 8.58. The summed E-state index contributed by atoms with van der Waals surface area (Å²) in [4.78, 5) is 34.7. The lowest BCUT2D eigenvalue weighted by atomic mass is 10.0. The van der Waals surface area contributed by atoms with Crippen molar-refractivity contribution in [2.45, 2.75) is 39.2 Å². The molecule has 1 atom stereocenters. The van der Waals surface area contributed by atoms with Crippen LogP contribution in [-0.2, 0) is 16.0 Å². The van der Waals surface area contributed by atoms with E-state index in [2.05, 4.69) is 15.8 Å². The van der Waals surface area contributed by atoms with E-state index in [4.69, 9.17) is 4.52 Å². The number of rotatable bonds is 3. The minimum Gasteiger partial charge on any atom is -0.361 e. The lowest BCUT2D eigenvalue weighted by Crippen LogP contribution is -2.52. The molecule has 1 aromatic heterocycles. The van der Waals surface area contributed by atoms with Crippen LogP contribution in [0.1, 0.15) is 41.6 Å². The number of hydrogen-bond donors (Lipinski definition) is 2. The van der Waals surface area contributed by atoms with Crippen LogP contribution in [-0.4, -0.2) is 28.9 Å². The van der Waals surface area contributed by atoms with Gasteiger partial charge in [0, 0.05) is 6.42 Å². The number of carbonyl (C=O) groups is 3. The van der Waals surface area contributed by atoms with Crippen LogP contribution in [0.3, 0.4) is 0 Å². The van der Waals surface area contributed by atoms with Crippen LogP contribution >= 0.6 is 0 Å². The van der Waals surface area contributed by atoms with Crippen molar-refractivity contribution in [1.82, 2.24) is 15.8 Å². The number of aryl methyl sites for hydroxylation is 2. The largest absolute Gasteiger partial charge is 0.361 e. The Morgan fingerprint density at radius 3 is 2.89 bits per heavy atom. The Balaban J connectivity index is 2.11. The molecular formula is C12H15N3O4. The number of imide groups is 1. The molecule has 1 aliphatic rings. The fourth-order valence-electron chi connectivity index (χ4n) is 2.01. The predicted molar refractivity (Wildman–Crippen MR) is 64.3 cm³/mol. The standard InChI is InChI=1S/C12H15N3O4/c1-3-7-10(6(2)19-15-7)12(18)13-8-4-5-9(16)14-11(8)17/h8H,3-5H2,1-2H3,(H,13,18)(H,14,16,17). The zero-order valence-corrected chi connectivity index (χ0v) is 10.8. The third kappa shape index (κ3) is 2.64. The highest BCUT2D eigenvalue weighted by molar-refractivity contribution is 6.04. The molecule has 3 amide bonds. The van der Waals surface area contributed by atoms with Crippen LogP contribution in [0.4, 0.5) is 0 Å². The van der Waals surface area contributed by atoms with Crippen molar-refractivity contribution in [3.63, 3.8) is 0 Å². The summed E-state index contributed by atoms with van der Waals surface area (Å²) in [6.45, 7) is 3.51. The Labute approximate surface area is 109 Å². The van der Waals surface area contributed by atoms with Gasteiger partial charge in [0.05, 0.1) is 5.69 Å². The highest BCUT2D eigenvalue weighted by atomic mass is 16.5. The van der Waals surface area contributed by atoms with Gasteiger partial charge in [0.1, 0.15) is 17.4 Å². The quantitative estimate of drug-likeness (QED) is 0.754. The van der Waals surface area contributed by atoms with Crippen LogP contribution in [0.2, 0.25) is 0 Å². The summed E-state index contributed by atoms with van der Waals surface area (Å²) in [5.74, 6) is -0.769. The van der Waals surface area contributed by atoms with Gasteiger partial charge < -0.3 is 9.84 Å². The van der Waals surface area contributed by atoms with Gasteiger partial charge in [-0.15, -0.1) is 0 Å². The van der Waals surface area contributed by atoms with Gasteiger partial charge in [0.2, 0.25) is 11.8 Å². The molecule has 19 heavy (non-hydrogen) atoms. The second-order valence-electron chi connectivity index (χ2n) is 4.39. The molecule has 1 fully saturated rings. The summed E-state index contributed by atoms with van der Waals surface area (Å²) in [6, 6.07) is -0.691. The van der Waals surface area contributed by atoms with Gasteiger partial charge in [-0.3, -0.25) is 19.7 Å². The van der Waals surface area contributed by atoms with E-state index < -0.39 is 17.9 Å². The highest BCUT2D eigenvalue weighted by Gasteiger charge is 2.29. The Bertz CT molecular complexity index is 535.